The fourth-order valence-corrected chi connectivity index (χ4v) is 7.23. The van der Waals surface area contributed by atoms with Crippen LogP contribution in [0.4, 0.5) is 0 Å². The van der Waals surface area contributed by atoms with E-state index < -0.39 is 0 Å². The predicted octanol–water partition coefficient (Wildman–Crippen LogP) is 11.8. The Kier molecular flexibility index (Phi) is 10.2. The van der Waals surface area contributed by atoms with E-state index in [4.69, 9.17) is 0 Å². The maximum Gasteiger partial charge on any atom is 0.168 e. The molecule has 0 spiro atoms. The van der Waals surface area contributed by atoms with Crippen LogP contribution in [0, 0.1) is 0 Å². The summed E-state index contributed by atoms with van der Waals surface area (Å²) in [5, 5.41) is 0. The van der Waals surface area contributed by atoms with E-state index in [1.807, 2.05) is 36.4 Å². The van der Waals surface area contributed by atoms with Gasteiger partial charge in [-0.15, -0.1) is 0 Å². The van der Waals surface area contributed by atoms with Crippen molar-refractivity contribution in [3.05, 3.63) is 138 Å². The third kappa shape index (κ3) is 6.23. The minimum absolute atomic E-state index is 0. The summed E-state index contributed by atoms with van der Waals surface area (Å²) in [6.45, 7) is 18.4. The molecule has 5 nitrogen and oxygen atoms in total. The summed E-state index contributed by atoms with van der Waals surface area (Å²) in [4.78, 5) is 9.01. The molecule has 3 heterocycles. The number of benzene rings is 5. The Balaban J connectivity index is 0.000000210. The monoisotopic (exact) mass is 842 g/mol. The first-order valence-corrected chi connectivity index (χ1v) is 17.7. The first kappa shape index (κ1) is 35.4. The summed E-state index contributed by atoms with van der Waals surface area (Å²) in [6.07, 6.45) is 2.34. The molecule has 6 heteroatoms. The Hall–Kier alpha value is -4.42. The zero-order chi connectivity index (χ0) is 34.4. The van der Waals surface area contributed by atoms with E-state index in [0.717, 1.165) is 27.8 Å². The van der Waals surface area contributed by atoms with Crippen LogP contribution in [0.25, 0.3) is 50.3 Å². The van der Waals surface area contributed by atoms with Crippen LogP contribution in [0.5, 0.6) is 0 Å². The Morgan fingerprint density at radius 2 is 0.880 bits per heavy atom. The van der Waals surface area contributed by atoms with Gasteiger partial charge >= 0.3 is 0 Å². The molecule has 0 N–H and O–H groups in total. The topological polar surface area (TPSA) is 41.3 Å². The molecule has 0 aliphatic heterocycles. The fourth-order valence-electron chi connectivity index (χ4n) is 7.23. The number of rotatable bonds is 6. The number of hydrogen-bond acceptors (Lipinski definition) is 1. The Morgan fingerprint density at radius 3 is 1.34 bits per heavy atom. The van der Waals surface area contributed by atoms with Gasteiger partial charge in [0.15, 0.2) is 17.4 Å². The number of nitrogens with zero attached hydrogens (tertiary/aromatic N) is 5. The molecule has 0 aliphatic carbocycles. The van der Waals surface area contributed by atoms with Crippen molar-refractivity contribution in [2.75, 3.05) is 0 Å². The van der Waals surface area contributed by atoms with Crippen LogP contribution in [-0.4, -0.2) is 18.5 Å². The van der Waals surface area contributed by atoms with E-state index in [2.05, 4.69) is 158 Å². The molecule has 8 rings (SSSR count). The summed E-state index contributed by atoms with van der Waals surface area (Å²) in [7, 11) is 0. The van der Waals surface area contributed by atoms with Crippen molar-refractivity contribution in [2.24, 2.45) is 0 Å². The first-order valence-electron chi connectivity index (χ1n) is 17.7. The predicted molar refractivity (Wildman–Crippen MR) is 207 cm³/mol. The second kappa shape index (κ2) is 14.4. The average molecular weight is 843 g/mol. The Morgan fingerprint density at radius 1 is 0.480 bits per heavy atom. The van der Waals surface area contributed by atoms with Gasteiger partial charge in [-0.1, -0.05) is 128 Å². The third-order valence-corrected chi connectivity index (χ3v) is 9.68. The van der Waals surface area contributed by atoms with Crippen LogP contribution in [0.2, 0.25) is 0 Å². The molecule has 0 fully saturated rings. The van der Waals surface area contributed by atoms with Crippen LogP contribution < -0.4 is 4.98 Å². The van der Waals surface area contributed by atoms with Crippen LogP contribution in [0.3, 0.4) is 0 Å². The molecular formula is C44H47AuN5. The van der Waals surface area contributed by atoms with Gasteiger partial charge in [-0.3, -0.25) is 0 Å². The summed E-state index contributed by atoms with van der Waals surface area (Å²) in [6, 6.07) is 38.7. The van der Waals surface area contributed by atoms with Gasteiger partial charge in [0.25, 0.3) is 0 Å². The van der Waals surface area contributed by atoms with E-state index in [0.29, 0.717) is 23.7 Å². The SMILES string of the molecule is CC(C)c1cccc(C(C)C)c1-n1[cH+]n(-c2c(C(C)C)cccc2C(C)C)c2ccccc21.[Au].c1ccc2c(c1)nc1[n-]c3ccccc3n12. The van der Waals surface area contributed by atoms with Crippen LogP contribution in [-0.2, 0) is 22.4 Å². The quantitative estimate of drug-likeness (QED) is 0.124. The standard InChI is InChI=1S/C31H39N2.C13H8N3.Au/c1-20(2)24-13-11-14-25(21(3)4)30(24)32-19-33(29-18-10-9-17-28(29)32)31-26(22(5)6)15-12-16-27(31)23(7)8;1-3-7-11-9(5-1)14-13-15-10-6-2-4-8-12(10)16(11)13;/h9-23H,1-8H3;1-8H;/q+1;-1;. The molecule has 0 bridgehead atoms. The zero-order valence-electron chi connectivity index (χ0n) is 30.3. The number of aromatic nitrogens is 5. The van der Waals surface area contributed by atoms with Crippen LogP contribution in [0.1, 0.15) is 101 Å². The Labute approximate surface area is 311 Å². The van der Waals surface area contributed by atoms with Gasteiger partial charge in [0.1, 0.15) is 11.4 Å². The average Bonchev–Trinajstić information content (AvgIpc) is 3.77. The molecule has 8 aromatic rings. The van der Waals surface area contributed by atoms with E-state index >= 15 is 0 Å². The number of para-hydroxylation sites is 8. The van der Waals surface area contributed by atoms with Gasteiger partial charge < -0.3 is 14.4 Å². The van der Waals surface area contributed by atoms with Crippen molar-refractivity contribution >= 4 is 38.9 Å². The molecule has 0 saturated carbocycles. The van der Waals surface area contributed by atoms with Crippen molar-refractivity contribution < 1.29 is 22.4 Å². The van der Waals surface area contributed by atoms with E-state index in [-0.39, 0.29) is 22.4 Å². The van der Waals surface area contributed by atoms with E-state index in [1.54, 1.807) is 0 Å². The van der Waals surface area contributed by atoms with Crippen LogP contribution in [0.15, 0.2) is 116 Å². The summed E-state index contributed by atoms with van der Waals surface area (Å²) in [5.41, 5.74) is 15.0. The van der Waals surface area contributed by atoms with E-state index in [9.17, 15) is 0 Å². The van der Waals surface area contributed by atoms with Gasteiger partial charge in [-0.25, -0.2) is 0 Å². The summed E-state index contributed by atoms with van der Waals surface area (Å²) < 4.78 is 6.99. The molecule has 259 valence electrons. The summed E-state index contributed by atoms with van der Waals surface area (Å²) >= 11 is 0. The number of imidazole rings is 3. The zero-order valence-corrected chi connectivity index (χ0v) is 32.5. The number of hydrogen-bond donors (Lipinski definition) is 0. The fraction of sp³-hybridized carbons (Fsp3) is 0.273. The minimum atomic E-state index is 0. The van der Waals surface area contributed by atoms with E-state index in [1.165, 1.54) is 44.7 Å². The summed E-state index contributed by atoms with van der Waals surface area (Å²) in [5.74, 6) is 2.57. The van der Waals surface area contributed by atoms with Gasteiger partial charge in [0.05, 0.1) is 0 Å². The van der Waals surface area contributed by atoms with Crippen LogP contribution >= 0.6 is 0 Å². The largest absolute Gasteiger partial charge is 0.366 e. The second-order valence-corrected chi connectivity index (χ2v) is 14.4. The Bertz CT molecular complexity index is 2210. The van der Waals surface area contributed by atoms with Crippen molar-refractivity contribution in [1.82, 2.24) is 23.5 Å². The molecule has 0 aliphatic rings. The van der Waals surface area contributed by atoms with Gasteiger partial charge in [-0.2, -0.15) is 9.13 Å². The van der Waals surface area contributed by atoms with Crippen molar-refractivity contribution in [3.63, 3.8) is 0 Å². The third-order valence-electron chi connectivity index (χ3n) is 9.68. The maximum absolute atomic E-state index is 4.50. The number of fused-ring (bicyclic) bond motifs is 6. The molecule has 0 unspecified atom stereocenters. The van der Waals surface area contributed by atoms with Gasteiger partial charge in [0, 0.05) is 84.6 Å². The molecule has 5 aromatic carbocycles. The molecule has 3 aromatic heterocycles. The molecule has 1 radical (unpaired) electrons. The normalized spacial score (nSPS) is 11.8. The van der Waals surface area contributed by atoms with Gasteiger partial charge in [0.2, 0.25) is 0 Å². The maximum atomic E-state index is 4.50. The van der Waals surface area contributed by atoms with Crippen molar-refractivity contribution in [2.45, 2.75) is 79.1 Å². The van der Waals surface area contributed by atoms with Crippen molar-refractivity contribution in [3.8, 4) is 11.4 Å². The molecule has 0 saturated heterocycles. The first-order chi connectivity index (χ1) is 23.7. The molecule has 50 heavy (non-hydrogen) atoms. The molecule has 0 atom stereocenters. The van der Waals surface area contributed by atoms with Crippen molar-refractivity contribution in [1.29, 1.82) is 0 Å². The molecule has 0 amide bonds. The molecular weight excluding hydrogens is 795 g/mol. The smallest absolute Gasteiger partial charge is 0.168 e. The van der Waals surface area contributed by atoms with Gasteiger partial charge in [-0.05, 0) is 47.9 Å². The second-order valence-electron chi connectivity index (χ2n) is 14.4. The minimum Gasteiger partial charge on any atom is -0.366 e.